The van der Waals surface area contributed by atoms with Gasteiger partial charge in [-0.05, 0) is 33.1 Å². The van der Waals surface area contributed by atoms with E-state index in [1.54, 1.807) is 0 Å². The number of rotatable bonds is 2. The van der Waals surface area contributed by atoms with E-state index in [1.807, 2.05) is 0 Å². The molecule has 0 saturated carbocycles. The maximum absolute atomic E-state index is 12.7. The summed E-state index contributed by atoms with van der Waals surface area (Å²) in [5, 5.41) is 0. The maximum atomic E-state index is 12.7. The smallest absolute Gasteiger partial charge is 0.230 e. The van der Waals surface area contributed by atoms with Crippen LogP contribution < -0.4 is 0 Å². The predicted molar refractivity (Wildman–Crippen MR) is 77.6 cm³/mol. The molecule has 1 amide bonds. The van der Waals surface area contributed by atoms with Crippen molar-refractivity contribution in [2.45, 2.75) is 52.5 Å². The molecular formula is C16H26N2O. The average molecular weight is 262 g/mol. The summed E-state index contributed by atoms with van der Waals surface area (Å²) in [6.45, 7) is 10.0. The van der Waals surface area contributed by atoms with Crippen LogP contribution in [-0.4, -0.2) is 47.9 Å². The Morgan fingerprint density at radius 2 is 2.05 bits per heavy atom. The summed E-state index contributed by atoms with van der Waals surface area (Å²) in [6, 6.07) is 0.332. The van der Waals surface area contributed by atoms with Gasteiger partial charge in [-0.3, -0.25) is 9.69 Å². The van der Waals surface area contributed by atoms with Gasteiger partial charge in [0.2, 0.25) is 5.91 Å². The van der Waals surface area contributed by atoms with Gasteiger partial charge in [-0.15, -0.1) is 5.92 Å². The molecule has 3 heteroatoms. The SMILES string of the molecule is CCC#CCN1CC[C@]2(CCCN(C(C)C)C2=O)C1. The minimum absolute atomic E-state index is 0.101. The van der Waals surface area contributed by atoms with E-state index in [0.29, 0.717) is 11.9 Å². The minimum Gasteiger partial charge on any atom is -0.340 e. The predicted octanol–water partition coefficient (Wildman–Crippen LogP) is 2.12. The Kier molecular flexibility index (Phi) is 4.52. The van der Waals surface area contributed by atoms with Gasteiger partial charge >= 0.3 is 0 Å². The standard InChI is InChI=1S/C16H26N2O/c1-4-5-6-10-17-12-9-16(13-17)8-7-11-18(14(2)3)15(16)19/h14H,4,7-13H2,1-3H3/t16-/m1/s1. The number of hydrogen-bond acceptors (Lipinski definition) is 2. The molecule has 2 fully saturated rings. The molecule has 2 aliphatic heterocycles. The van der Waals surface area contributed by atoms with Crippen LogP contribution in [0.15, 0.2) is 0 Å². The van der Waals surface area contributed by atoms with Crippen molar-refractivity contribution in [3.05, 3.63) is 0 Å². The minimum atomic E-state index is -0.101. The highest BCUT2D eigenvalue weighted by Crippen LogP contribution is 2.40. The Hall–Kier alpha value is -1.01. The van der Waals surface area contributed by atoms with Gasteiger partial charge in [0.05, 0.1) is 12.0 Å². The number of piperidine rings is 1. The highest BCUT2D eigenvalue weighted by molar-refractivity contribution is 5.84. The van der Waals surface area contributed by atoms with Gasteiger partial charge < -0.3 is 4.90 Å². The van der Waals surface area contributed by atoms with Crippen LogP contribution in [0.3, 0.4) is 0 Å². The lowest BCUT2D eigenvalue weighted by atomic mass is 9.78. The van der Waals surface area contributed by atoms with E-state index in [0.717, 1.165) is 51.9 Å². The molecule has 1 atom stereocenters. The van der Waals surface area contributed by atoms with Crippen molar-refractivity contribution in [1.29, 1.82) is 0 Å². The third-order valence-electron chi connectivity index (χ3n) is 4.43. The first kappa shape index (κ1) is 14.4. The van der Waals surface area contributed by atoms with E-state index < -0.39 is 0 Å². The van der Waals surface area contributed by atoms with Crippen molar-refractivity contribution < 1.29 is 4.79 Å². The lowest BCUT2D eigenvalue weighted by molar-refractivity contribution is -0.147. The molecule has 0 radical (unpaired) electrons. The Bertz CT molecular complexity index is 393. The van der Waals surface area contributed by atoms with Crippen molar-refractivity contribution in [2.24, 2.45) is 5.41 Å². The third-order valence-corrected chi connectivity index (χ3v) is 4.43. The largest absolute Gasteiger partial charge is 0.340 e. The summed E-state index contributed by atoms with van der Waals surface area (Å²) < 4.78 is 0. The quantitative estimate of drug-likeness (QED) is 0.712. The van der Waals surface area contributed by atoms with Gasteiger partial charge in [0.25, 0.3) is 0 Å². The fourth-order valence-electron chi connectivity index (χ4n) is 3.36. The van der Waals surface area contributed by atoms with Gasteiger partial charge in [-0.2, -0.15) is 0 Å². The first-order valence-electron chi connectivity index (χ1n) is 7.58. The van der Waals surface area contributed by atoms with E-state index in [4.69, 9.17) is 0 Å². The topological polar surface area (TPSA) is 23.6 Å². The van der Waals surface area contributed by atoms with Crippen LogP contribution in [0.25, 0.3) is 0 Å². The molecule has 2 aliphatic rings. The van der Waals surface area contributed by atoms with Crippen molar-refractivity contribution in [3.63, 3.8) is 0 Å². The normalized spacial score (nSPS) is 28.0. The number of amides is 1. The molecule has 0 bridgehead atoms. The monoisotopic (exact) mass is 262 g/mol. The second-order valence-electron chi connectivity index (χ2n) is 6.14. The van der Waals surface area contributed by atoms with E-state index in [1.165, 1.54) is 0 Å². The summed E-state index contributed by atoms with van der Waals surface area (Å²) in [5.74, 6) is 6.71. The Labute approximate surface area is 117 Å². The summed E-state index contributed by atoms with van der Waals surface area (Å²) in [7, 11) is 0. The van der Waals surface area contributed by atoms with Crippen molar-refractivity contribution in [2.75, 3.05) is 26.2 Å². The molecule has 2 heterocycles. The van der Waals surface area contributed by atoms with Crippen LogP contribution in [0, 0.1) is 17.3 Å². The van der Waals surface area contributed by atoms with Crippen LogP contribution in [-0.2, 0) is 4.79 Å². The fraction of sp³-hybridized carbons (Fsp3) is 0.812. The summed E-state index contributed by atoms with van der Waals surface area (Å²) in [5.41, 5.74) is -0.101. The van der Waals surface area contributed by atoms with E-state index in [-0.39, 0.29) is 5.41 Å². The first-order valence-corrected chi connectivity index (χ1v) is 7.58. The maximum Gasteiger partial charge on any atom is 0.230 e. The lowest BCUT2D eigenvalue weighted by Crippen LogP contribution is -2.52. The van der Waals surface area contributed by atoms with Crippen LogP contribution >= 0.6 is 0 Å². The molecule has 3 nitrogen and oxygen atoms in total. The van der Waals surface area contributed by atoms with Gasteiger partial charge in [-0.25, -0.2) is 0 Å². The molecule has 2 rings (SSSR count). The Morgan fingerprint density at radius 1 is 1.26 bits per heavy atom. The zero-order valence-electron chi connectivity index (χ0n) is 12.5. The summed E-state index contributed by atoms with van der Waals surface area (Å²) in [6.07, 6.45) is 4.15. The number of carbonyl (C=O) groups is 1. The number of carbonyl (C=O) groups excluding carboxylic acids is 1. The summed E-state index contributed by atoms with van der Waals surface area (Å²) >= 11 is 0. The van der Waals surface area contributed by atoms with Crippen LogP contribution in [0.4, 0.5) is 0 Å². The first-order chi connectivity index (χ1) is 9.09. The summed E-state index contributed by atoms with van der Waals surface area (Å²) in [4.78, 5) is 17.2. The molecule has 0 aromatic rings. The molecule has 106 valence electrons. The molecule has 0 N–H and O–H groups in total. The van der Waals surface area contributed by atoms with Gasteiger partial charge in [0, 0.05) is 32.1 Å². The lowest BCUT2D eigenvalue weighted by Gasteiger charge is -2.41. The Balaban J connectivity index is 2.02. The average Bonchev–Trinajstić information content (AvgIpc) is 2.77. The van der Waals surface area contributed by atoms with Gasteiger partial charge in [-0.1, -0.05) is 12.8 Å². The molecule has 0 aromatic heterocycles. The highest BCUT2D eigenvalue weighted by Gasteiger charge is 2.48. The molecule has 2 saturated heterocycles. The number of hydrogen-bond donors (Lipinski definition) is 0. The van der Waals surface area contributed by atoms with E-state index >= 15 is 0 Å². The van der Waals surface area contributed by atoms with Gasteiger partial charge in [0.1, 0.15) is 0 Å². The van der Waals surface area contributed by atoms with Crippen LogP contribution in [0.5, 0.6) is 0 Å². The molecule has 1 spiro atoms. The second kappa shape index (κ2) is 5.96. The highest BCUT2D eigenvalue weighted by atomic mass is 16.2. The van der Waals surface area contributed by atoms with Crippen LogP contribution in [0.2, 0.25) is 0 Å². The molecular weight excluding hydrogens is 236 g/mol. The molecule has 0 aliphatic carbocycles. The Morgan fingerprint density at radius 3 is 2.74 bits per heavy atom. The third kappa shape index (κ3) is 2.95. The zero-order valence-corrected chi connectivity index (χ0v) is 12.5. The van der Waals surface area contributed by atoms with Crippen LogP contribution in [0.1, 0.15) is 46.5 Å². The zero-order chi connectivity index (χ0) is 13.9. The number of nitrogens with zero attached hydrogens (tertiary/aromatic N) is 2. The van der Waals surface area contributed by atoms with Crippen molar-refractivity contribution in [3.8, 4) is 11.8 Å². The fourth-order valence-corrected chi connectivity index (χ4v) is 3.36. The molecule has 0 aromatic carbocycles. The number of likely N-dealkylation sites (tertiary alicyclic amines) is 2. The van der Waals surface area contributed by atoms with Crippen molar-refractivity contribution in [1.82, 2.24) is 9.80 Å². The molecule has 0 unspecified atom stereocenters. The second-order valence-corrected chi connectivity index (χ2v) is 6.14. The van der Waals surface area contributed by atoms with Gasteiger partial charge in [0.15, 0.2) is 0 Å². The van der Waals surface area contributed by atoms with Crippen molar-refractivity contribution >= 4 is 5.91 Å². The van der Waals surface area contributed by atoms with E-state index in [2.05, 4.69) is 42.4 Å². The molecule has 19 heavy (non-hydrogen) atoms. The van der Waals surface area contributed by atoms with E-state index in [9.17, 15) is 4.79 Å².